The highest BCUT2D eigenvalue weighted by atomic mass is 15.1. The molecule has 0 fully saturated rings. The molecule has 0 aromatic rings. The maximum atomic E-state index is 3.74. The van der Waals surface area contributed by atoms with Gasteiger partial charge in [0.25, 0.3) is 0 Å². The molecule has 1 aliphatic heterocycles. The number of nitrogens with zero attached hydrogens (tertiary/aromatic N) is 1. The van der Waals surface area contributed by atoms with Gasteiger partial charge in [0.1, 0.15) is 0 Å². The highest BCUT2D eigenvalue weighted by Crippen LogP contribution is 2.21. The molecule has 0 amide bonds. The van der Waals surface area contributed by atoms with Gasteiger partial charge in [-0.15, -0.1) is 0 Å². The van der Waals surface area contributed by atoms with E-state index in [0.717, 1.165) is 13.0 Å². The van der Waals surface area contributed by atoms with Crippen molar-refractivity contribution in [2.24, 2.45) is 0 Å². The van der Waals surface area contributed by atoms with E-state index in [1.54, 1.807) is 0 Å². The average Bonchev–Trinajstić information content (AvgIpc) is 2.79. The van der Waals surface area contributed by atoms with E-state index < -0.39 is 0 Å². The number of unbranched alkanes of at least 4 members (excludes halogenated alkanes) is 3. The van der Waals surface area contributed by atoms with Gasteiger partial charge in [-0.3, -0.25) is 0 Å². The molecular formula is C17H33N. The Kier molecular flexibility index (Phi) is 15.1. The summed E-state index contributed by atoms with van der Waals surface area (Å²) in [5.41, 5.74) is 2.55. The average molecular weight is 251 g/mol. The fraction of sp³-hybridized carbons (Fsp3) is 0.647. The van der Waals surface area contributed by atoms with Gasteiger partial charge in [-0.05, 0) is 18.1 Å². The van der Waals surface area contributed by atoms with E-state index in [0.29, 0.717) is 0 Å². The van der Waals surface area contributed by atoms with Gasteiger partial charge in [-0.25, -0.2) is 0 Å². The Morgan fingerprint density at radius 1 is 1.06 bits per heavy atom. The number of hydrogen-bond acceptors (Lipinski definition) is 1. The van der Waals surface area contributed by atoms with Crippen LogP contribution in [0, 0.1) is 0 Å². The molecule has 0 N–H and O–H groups in total. The van der Waals surface area contributed by atoms with Crippen LogP contribution in [0.4, 0.5) is 0 Å². The molecule has 0 spiro atoms. The van der Waals surface area contributed by atoms with E-state index in [9.17, 15) is 0 Å². The Labute approximate surface area is 115 Å². The highest BCUT2D eigenvalue weighted by Gasteiger charge is 2.13. The first-order chi connectivity index (χ1) is 8.71. The van der Waals surface area contributed by atoms with Gasteiger partial charge in [0.05, 0.1) is 0 Å². The molecule has 1 aliphatic rings. The predicted molar refractivity (Wildman–Crippen MR) is 85.8 cm³/mol. The van der Waals surface area contributed by atoms with Crippen molar-refractivity contribution in [3.05, 3.63) is 36.6 Å². The third-order valence-corrected chi connectivity index (χ3v) is 2.85. The van der Waals surface area contributed by atoms with Gasteiger partial charge < -0.3 is 4.90 Å². The van der Waals surface area contributed by atoms with Crippen LogP contribution in [0.5, 0.6) is 0 Å². The van der Waals surface area contributed by atoms with E-state index in [1.165, 1.54) is 37.0 Å². The minimum Gasteiger partial charge on any atom is -0.374 e. The van der Waals surface area contributed by atoms with Gasteiger partial charge >= 0.3 is 0 Å². The standard InChI is InChI=1S/C9H13N.C6H14.C2H6/c1-4-8-6-7-10(3)9(8)5-2;1-3-5-6-4-2;1-2/h4-5H,1-2,6-7H2,3H3;3-6H2,1-2H3;1-2H3. The van der Waals surface area contributed by atoms with Crippen molar-refractivity contribution in [2.75, 3.05) is 13.6 Å². The molecule has 18 heavy (non-hydrogen) atoms. The van der Waals surface area contributed by atoms with E-state index >= 15 is 0 Å². The lowest BCUT2D eigenvalue weighted by atomic mass is 10.2. The lowest BCUT2D eigenvalue weighted by Crippen LogP contribution is -2.10. The van der Waals surface area contributed by atoms with Crippen LogP contribution in [0.3, 0.4) is 0 Å². The largest absolute Gasteiger partial charge is 0.374 e. The monoisotopic (exact) mass is 251 g/mol. The summed E-state index contributed by atoms with van der Waals surface area (Å²) in [5.74, 6) is 0. The van der Waals surface area contributed by atoms with Gasteiger partial charge in [0.15, 0.2) is 0 Å². The maximum absolute atomic E-state index is 3.74. The van der Waals surface area contributed by atoms with E-state index in [1.807, 2.05) is 26.0 Å². The normalized spacial score (nSPS) is 13.3. The van der Waals surface area contributed by atoms with Gasteiger partial charge in [0, 0.05) is 19.3 Å². The fourth-order valence-corrected chi connectivity index (χ4v) is 1.78. The van der Waals surface area contributed by atoms with Gasteiger partial charge in [-0.2, -0.15) is 0 Å². The third-order valence-electron chi connectivity index (χ3n) is 2.85. The Morgan fingerprint density at radius 3 is 1.83 bits per heavy atom. The summed E-state index contributed by atoms with van der Waals surface area (Å²) in [5, 5.41) is 0. The van der Waals surface area contributed by atoms with Crippen molar-refractivity contribution >= 4 is 0 Å². The number of hydrogen-bond donors (Lipinski definition) is 0. The van der Waals surface area contributed by atoms with Crippen LogP contribution >= 0.6 is 0 Å². The Bertz CT molecular complexity index is 234. The van der Waals surface area contributed by atoms with E-state index in [-0.39, 0.29) is 0 Å². The molecule has 0 saturated heterocycles. The minimum atomic E-state index is 1.10. The summed E-state index contributed by atoms with van der Waals surface area (Å²) in [4.78, 5) is 2.20. The summed E-state index contributed by atoms with van der Waals surface area (Å²) < 4.78 is 0. The summed E-state index contributed by atoms with van der Waals surface area (Å²) >= 11 is 0. The van der Waals surface area contributed by atoms with Crippen LogP contribution < -0.4 is 0 Å². The van der Waals surface area contributed by atoms with Crippen LogP contribution in [0.15, 0.2) is 36.6 Å². The minimum absolute atomic E-state index is 1.10. The van der Waals surface area contributed by atoms with Crippen LogP contribution in [0.2, 0.25) is 0 Å². The molecule has 0 aromatic carbocycles. The highest BCUT2D eigenvalue weighted by molar-refractivity contribution is 5.33. The first kappa shape index (κ1) is 19.4. The van der Waals surface area contributed by atoms with E-state index in [4.69, 9.17) is 0 Å². The summed E-state index contributed by atoms with van der Waals surface area (Å²) in [6.07, 6.45) is 10.5. The Hall–Kier alpha value is -0.980. The van der Waals surface area contributed by atoms with Crippen molar-refractivity contribution < 1.29 is 0 Å². The first-order valence-corrected chi connectivity index (χ1v) is 7.40. The predicted octanol–water partition coefficient (Wildman–Crippen LogP) is 5.56. The second-order valence-electron chi connectivity index (χ2n) is 4.20. The molecule has 0 bridgehead atoms. The van der Waals surface area contributed by atoms with E-state index in [2.05, 4.69) is 39.0 Å². The molecule has 1 nitrogen and oxygen atoms in total. The number of likely N-dealkylation sites (N-methyl/N-ethyl adjacent to an activating group) is 1. The summed E-state index contributed by atoms with van der Waals surface area (Å²) in [6, 6.07) is 0. The van der Waals surface area contributed by atoms with Gasteiger partial charge in [0.2, 0.25) is 0 Å². The first-order valence-electron chi connectivity index (χ1n) is 7.40. The Balaban J connectivity index is 0. The van der Waals surface area contributed by atoms with Gasteiger partial charge in [-0.1, -0.05) is 72.6 Å². The quantitative estimate of drug-likeness (QED) is 0.578. The zero-order valence-corrected chi connectivity index (χ0v) is 13.3. The van der Waals surface area contributed by atoms with Crippen molar-refractivity contribution in [3.63, 3.8) is 0 Å². The fourth-order valence-electron chi connectivity index (χ4n) is 1.78. The zero-order chi connectivity index (χ0) is 14.4. The maximum Gasteiger partial charge on any atom is 0.0390 e. The molecule has 0 atom stereocenters. The van der Waals surface area contributed by atoms with Crippen molar-refractivity contribution in [2.45, 2.75) is 59.8 Å². The Morgan fingerprint density at radius 2 is 1.56 bits per heavy atom. The lowest BCUT2D eigenvalue weighted by molar-refractivity contribution is 0.472. The molecule has 0 aromatic heterocycles. The van der Waals surface area contributed by atoms with Crippen molar-refractivity contribution in [1.29, 1.82) is 0 Å². The molecule has 0 radical (unpaired) electrons. The number of rotatable bonds is 5. The second-order valence-corrected chi connectivity index (χ2v) is 4.20. The molecule has 0 aliphatic carbocycles. The SMILES string of the molecule is C=CC1=C(C=C)N(C)CC1.CC.CCCCCC. The smallest absolute Gasteiger partial charge is 0.0390 e. The van der Waals surface area contributed by atoms with Crippen LogP contribution in [-0.4, -0.2) is 18.5 Å². The topological polar surface area (TPSA) is 3.24 Å². The molecular weight excluding hydrogens is 218 g/mol. The van der Waals surface area contributed by atoms with Crippen molar-refractivity contribution in [3.8, 4) is 0 Å². The number of allylic oxidation sites excluding steroid dienone is 2. The molecule has 1 rings (SSSR count). The van der Waals surface area contributed by atoms with Crippen LogP contribution in [-0.2, 0) is 0 Å². The van der Waals surface area contributed by atoms with Crippen LogP contribution in [0.1, 0.15) is 59.8 Å². The molecule has 0 saturated carbocycles. The van der Waals surface area contributed by atoms with Crippen molar-refractivity contribution in [1.82, 2.24) is 4.90 Å². The molecule has 106 valence electrons. The zero-order valence-electron chi connectivity index (χ0n) is 13.3. The molecule has 0 unspecified atom stereocenters. The lowest BCUT2D eigenvalue weighted by Gasteiger charge is -2.11. The molecule has 1 heteroatoms. The summed E-state index contributed by atoms with van der Waals surface area (Å²) in [6.45, 7) is 17.1. The molecule has 1 heterocycles. The second kappa shape index (κ2) is 14.1. The third kappa shape index (κ3) is 8.16. The van der Waals surface area contributed by atoms with Crippen LogP contribution in [0.25, 0.3) is 0 Å². The summed E-state index contributed by atoms with van der Waals surface area (Å²) in [7, 11) is 2.08.